The standard InChI is InChI=1S/C32H12BF24.2C22H21N.C2H3N.CH3.Pd/c34-25(35,36)13-1-14(26(37,38)39)6-21(5-13)33(22-7-15(27(40,41)42)2-16(8-22)28(43,44)45,23-9-17(29(46,47)48)3-18(10-23)30(49,50)51)24-11-19(31(52,53)54)4-20(12-24)32(55,56)57;2*1-16-17(2)23(16)22-20(18-10-5-3-6-11-18)14-9-15-21(22)19-12-7-4-8-13-19;1-2-3;;/h1-12H;2*3-17H,1-2H3;1H3;1H3;/q-1;;;;;+1. The Balaban J connectivity index is 0.000000232. The molecule has 2 saturated heterocycles. The molecule has 0 radical (unpaired) electrons. The van der Waals surface area contributed by atoms with Gasteiger partial charge in [0, 0.05) is 53.3 Å². The van der Waals surface area contributed by atoms with E-state index in [1.165, 1.54) is 62.8 Å². The molecule has 0 aromatic heterocycles. The number of anilines is 2. The average Bonchev–Trinajstić information content (AvgIpc) is 1.01. The molecule has 2 aliphatic heterocycles. The molecule has 0 saturated carbocycles. The van der Waals surface area contributed by atoms with Crippen molar-refractivity contribution >= 4 is 39.4 Å². The summed E-state index contributed by atoms with van der Waals surface area (Å²) in [6.45, 7) is 10.7. The summed E-state index contributed by atoms with van der Waals surface area (Å²) in [5, 5.41) is 9.17. The summed E-state index contributed by atoms with van der Waals surface area (Å²) < 4.78 is 341. The van der Waals surface area contributed by atoms with E-state index in [4.69, 9.17) is 5.26 Å². The molecule has 572 valence electrons. The van der Waals surface area contributed by atoms with Crippen LogP contribution in [0.15, 0.2) is 231 Å². The number of rotatable bonds is 10. The minimum atomic E-state index is -6.13. The van der Waals surface area contributed by atoms with Crippen LogP contribution in [-0.2, 0) is 68.6 Å². The fourth-order valence-electron chi connectivity index (χ4n) is 12.9. The molecule has 0 aliphatic carbocycles. The first-order valence-corrected chi connectivity index (χ1v) is 33.8. The molecule has 10 aromatic carbocycles. The zero-order valence-electron chi connectivity index (χ0n) is 57.1. The van der Waals surface area contributed by atoms with Crippen molar-refractivity contribution < 1.29 is 125 Å². The fourth-order valence-corrected chi connectivity index (χ4v) is 12.9. The molecule has 12 rings (SSSR count). The van der Waals surface area contributed by atoms with E-state index in [-0.39, 0.29) is 0 Å². The van der Waals surface area contributed by atoms with E-state index < -0.39 is 195 Å². The zero-order chi connectivity index (χ0) is 80.2. The van der Waals surface area contributed by atoms with E-state index in [0.717, 1.165) is 0 Å². The van der Waals surface area contributed by atoms with Crippen LogP contribution in [0.2, 0.25) is 5.40 Å². The van der Waals surface area contributed by atoms with E-state index in [0.29, 0.717) is 24.2 Å². The van der Waals surface area contributed by atoms with Gasteiger partial charge >= 0.3 is 74.0 Å². The second-order valence-electron chi connectivity index (χ2n) is 25.1. The molecule has 108 heavy (non-hydrogen) atoms. The van der Waals surface area contributed by atoms with Crippen molar-refractivity contribution in [2.75, 3.05) is 9.80 Å². The van der Waals surface area contributed by atoms with Crippen molar-refractivity contribution in [2.24, 2.45) is 0 Å². The molecule has 0 amide bonds. The summed E-state index contributed by atoms with van der Waals surface area (Å²) in [6, 6.07) is 51.5. The van der Waals surface area contributed by atoms with Crippen LogP contribution in [0.4, 0.5) is 117 Å². The topological polar surface area (TPSA) is 29.8 Å². The summed E-state index contributed by atoms with van der Waals surface area (Å²) in [5.41, 5.74) is -17.0. The Bertz CT molecular complexity index is 4060. The predicted octanol–water partition coefficient (Wildman–Crippen LogP) is 23.6. The van der Waals surface area contributed by atoms with Crippen LogP contribution in [0.1, 0.15) is 79.1 Å². The number of nitrogens with zero attached hydrogens (tertiary/aromatic N) is 3. The normalized spacial score (nSPS) is 16.1. The Labute approximate surface area is 615 Å². The van der Waals surface area contributed by atoms with Gasteiger partial charge < -0.3 is 9.80 Å². The molecular weight excluding hydrogens is 1560 g/mol. The first kappa shape index (κ1) is 84.0. The Hall–Kier alpha value is -9.66. The summed E-state index contributed by atoms with van der Waals surface area (Å²) in [6.07, 6.45) is -54.8. The first-order chi connectivity index (χ1) is 50.2. The van der Waals surface area contributed by atoms with Gasteiger partial charge in [-0.25, -0.2) is 0 Å². The van der Waals surface area contributed by atoms with Gasteiger partial charge in [-0.2, -0.15) is 132 Å². The van der Waals surface area contributed by atoms with Crippen LogP contribution < -0.4 is 31.7 Å². The number of benzene rings is 10. The monoisotopic (exact) mass is 1620 g/mol. The summed E-state index contributed by atoms with van der Waals surface area (Å²) in [4.78, 5) is 5.06. The van der Waals surface area contributed by atoms with E-state index in [9.17, 15) is 105 Å². The second-order valence-corrected chi connectivity index (χ2v) is 25.1. The van der Waals surface area contributed by atoms with Gasteiger partial charge in [-0.3, -0.25) is 0 Å². The van der Waals surface area contributed by atoms with Crippen LogP contribution in [0.25, 0.3) is 44.5 Å². The Morgan fingerprint density at radius 2 is 0.417 bits per heavy atom. The van der Waals surface area contributed by atoms with Crippen LogP contribution in [0.5, 0.6) is 0 Å². The molecule has 29 heteroatoms. The third kappa shape index (κ3) is 19.1. The minimum absolute atomic E-state index is 0.599. The molecule has 0 N–H and O–H groups in total. The van der Waals surface area contributed by atoms with Crippen LogP contribution in [0.3, 0.4) is 0 Å². The number of halogens is 24. The zero-order valence-corrected chi connectivity index (χ0v) is 58.6. The van der Waals surface area contributed by atoms with Gasteiger partial charge in [-0.15, -0.1) is 0 Å². The Kier molecular flexibility index (Phi) is 25.1. The summed E-state index contributed by atoms with van der Waals surface area (Å²) in [5.74, 6) is 0. The van der Waals surface area contributed by atoms with Gasteiger partial charge in [-0.1, -0.05) is 206 Å². The molecule has 3 nitrogen and oxygen atoms in total. The second kappa shape index (κ2) is 32.3. The van der Waals surface area contributed by atoms with Gasteiger partial charge in [0.1, 0.15) is 6.15 Å². The first-order valence-electron chi connectivity index (χ1n) is 32.2. The van der Waals surface area contributed by atoms with E-state index in [1.807, 2.05) is 5.40 Å². The molecule has 2 heterocycles. The fraction of sp³-hybridized carbons (Fsp3) is 0.228. The number of nitriles is 1. The third-order valence-electron chi connectivity index (χ3n) is 18.3. The predicted molar refractivity (Wildman–Crippen MR) is 365 cm³/mol. The van der Waals surface area contributed by atoms with Crippen molar-refractivity contribution in [3.05, 3.63) is 275 Å². The summed E-state index contributed by atoms with van der Waals surface area (Å²) in [7, 11) is 0. The maximum absolute atomic E-state index is 14.2. The number of alkyl halides is 24. The van der Waals surface area contributed by atoms with Crippen molar-refractivity contribution in [2.45, 2.75) is 114 Å². The molecule has 0 bridgehead atoms. The van der Waals surface area contributed by atoms with Crippen LogP contribution >= 0.6 is 0 Å². The maximum atomic E-state index is 14.2. The number of para-hydroxylation sites is 2. The van der Waals surface area contributed by atoms with E-state index in [2.05, 4.69) is 214 Å². The van der Waals surface area contributed by atoms with Gasteiger partial charge in [0.25, 0.3) is 0 Å². The molecule has 4 atom stereocenters. The van der Waals surface area contributed by atoms with Gasteiger partial charge in [0.15, 0.2) is 0 Å². The average molecular weight is 1620 g/mol. The van der Waals surface area contributed by atoms with E-state index >= 15 is 0 Å². The third-order valence-corrected chi connectivity index (χ3v) is 18.3. The van der Waals surface area contributed by atoms with Crippen LogP contribution in [-0.4, -0.2) is 30.3 Å². The molecule has 2 fully saturated rings. The molecule has 0 spiro atoms. The Morgan fingerprint density at radius 3 is 0.546 bits per heavy atom. The van der Waals surface area contributed by atoms with Crippen molar-refractivity contribution in [3.8, 4) is 50.6 Å². The quantitative estimate of drug-likeness (QED) is 0.0776. The molecule has 2 aliphatic rings. The van der Waals surface area contributed by atoms with Gasteiger partial charge in [0.05, 0.1) is 62.0 Å². The van der Waals surface area contributed by atoms with Crippen LogP contribution in [0, 0.1) is 11.3 Å². The van der Waals surface area contributed by atoms with Crippen molar-refractivity contribution in [1.29, 1.82) is 5.26 Å². The number of hydrogen-bond acceptors (Lipinski definition) is 3. The van der Waals surface area contributed by atoms with Gasteiger partial charge in [0.2, 0.25) is 0 Å². The number of hydrogen-bond donors (Lipinski definition) is 0. The van der Waals surface area contributed by atoms with E-state index in [1.54, 1.807) is 6.07 Å². The SMILES string of the molecule is CC#N.CC1C(C)N1c1c(-c2ccccc2)cccc1-c1ccccc1.CC1C(C)N1c1c(-c2ccccc2)cccc1-c1ccccc1.FC(F)(F)c1cc([B-](c2cc(C(F)(F)F)cc(C(F)(F)F)c2)(c2cc(C(F)(F)F)cc(C(F)(F)F)c2)c2cc(C(F)(F)F)cc(C(F)(F)F)c2)cc(C(F)(F)F)c1.[CH3][Pd+]. The van der Waals surface area contributed by atoms with Crippen molar-refractivity contribution in [3.63, 3.8) is 0 Å². The Morgan fingerprint density at radius 1 is 0.269 bits per heavy atom. The molecular formula is C79H60BF24N3Pd. The van der Waals surface area contributed by atoms with Crippen molar-refractivity contribution in [1.82, 2.24) is 0 Å². The van der Waals surface area contributed by atoms with Gasteiger partial charge in [-0.05, 0) is 74.2 Å². The molecule has 4 unspecified atom stereocenters. The summed E-state index contributed by atoms with van der Waals surface area (Å²) >= 11 is 2.75. The molecule has 10 aromatic rings.